The Kier molecular flexibility index (Phi) is 5.18. The molecule has 118 valence electrons. The molecule has 3 rings (SSSR count). The molecular formula is C22H30. The van der Waals surface area contributed by atoms with Gasteiger partial charge in [-0.3, -0.25) is 0 Å². The molecule has 0 radical (unpaired) electrons. The van der Waals surface area contributed by atoms with Crippen molar-refractivity contribution in [1.29, 1.82) is 0 Å². The fourth-order valence-electron chi connectivity index (χ4n) is 4.51. The lowest BCUT2D eigenvalue weighted by atomic mass is 9.75. The zero-order valence-electron chi connectivity index (χ0n) is 13.9. The maximum Gasteiger partial charge on any atom is -0.0162 e. The van der Waals surface area contributed by atoms with Crippen LogP contribution in [0.25, 0.3) is 0 Å². The summed E-state index contributed by atoms with van der Waals surface area (Å²) in [6.45, 7) is 7.79. The predicted octanol–water partition coefficient (Wildman–Crippen LogP) is 6.22. The first-order chi connectivity index (χ1) is 10.8. The molecule has 1 fully saturated rings. The maximum atomic E-state index is 3.90. The average molecular weight is 294 g/mol. The number of allylic oxidation sites excluding steroid dienone is 2. The molecule has 0 aromatic heterocycles. The second kappa shape index (κ2) is 7.31. The van der Waals surface area contributed by atoms with Gasteiger partial charge in [0.15, 0.2) is 0 Å². The van der Waals surface area contributed by atoms with E-state index >= 15 is 0 Å². The Morgan fingerprint density at radius 2 is 1.59 bits per heavy atom. The summed E-state index contributed by atoms with van der Waals surface area (Å²) in [6, 6.07) is 7.39. The Hall–Kier alpha value is -1.30. The molecule has 1 saturated carbocycles. The smallest absolute Gasteiger partial charge is 0.0162 e. The van der Waals surface area contributed by atoms with E-state index in [2.05, 4.69) is 43.5 Å². The van der Waals surface area contributed by atoms with Crippen molar-refractivity contribution >= 4 is 0 Å². The van der Waals surface area contributed by atoms with E-state index in [1.165, 1.54) is 57.8 Å². The molecule has 1 aromatic carbocycles. The highest BCUT2D eigenvalue weighted by atomic mass is 14.3. The van der Waals surface area contributed by atoms with E-state index in [0.29, 0.717) is 0 Å². The number of hydrogen-bond donors (Lipinski definition) is 0. The molecule has 0 saturated heterocycles. The van der Waals surface area contributed by atoms with Crippen LogP contribution >= 0.6 is 0 Å². The first-order valence-corrected chi connectivity index (χ1v) is 9.13. The van der Waals surface area contributed by atoms with E-state index < -0.39 is 0 Å². The Morgan fingerprint density at radius 1 is 0.864 bits per heavy atom. The van der Waals surface area contributed by atoms with Gasteiger partial charge in [-0.2, -0.15) is 0 Å². The summed E-state index contributed by atoms with van der Waals surface area (Å²) >= 11 is 0. The zero-order valence-corrected chi connectivity index (χ0v) is 13.9. The molecule has 0 bridgehead atoms. The van der Waals surface area contributed by atoms with Crippen molar-refractivity contribution in [3.63, 3.8) is 0 Å². The first-order valence-electron chi connectivity index (χ1n) is 9.13. The summed E-state index contributed by atoms with van der Waals surface area (Å²) in [5.41, 5.74) is 4.84. The van der Waals surface area contributed by atoms with E-state index in [0.717, 1.165) is 17.8 Å². The van der Waals surface area contributed by atoms with Crippen molar-refractivity contribution < 1.29 is 0 Å². The maximum absolute atomic E-state index is 3.90. The lowest BCUT2D eigenvalue weighted by Crippen LogP contribution is -2.16. The molecule has 1 atom stereocenters. The van der Waals surface area contributed by atoms with Gasteiger partial charge in [0.25, 0.3) is 0 Å². The van der Waals surface area contributed by atoms with Gasteiger partial charge in [-0.25, -0.2) is 0 Å². The van der Waals surface area contributed by atoms with Crippen LogP contribution in [0.15, 0.2) is 43.5 Å². The van der Waals surface area contributed by atoms with Gasteiger partial charge in [0, 0.05) is 0 Å². The van der Waals surface area contributed by atoms with Gasteiger partial charge in [0.1, 0.15) is 0 Å². The highest BCUT2D eigenvalue weighted by Gasteiger charge is 2.23. The Labute approximate surface area is 136 Å². The van der Waals surface area contributed by atoms with Gasteiger partial charge < -0.3 is 0 Å². The van der Waals surface area contributed by atoms with Crippen LogP contribution < -0.4 is 0 Å². The topological polar surface area (TPSA) is 0 Å². The lowest BCUT2D eigenvalue weighted by Gasteiger charge is -2.30. The van der Waals surface area contributed by atoms with E-state index in [1.54, 1.807) is 16.7 Å². The number of benzene rings is 1. The second-order valence-electron chi connectivity index (χ2n) is 7.40. The summed E-state index contributed by atoms with van der Waals surface area (Å²) in [4.78, 5) is 0. The van der Waals surface area contributed by atoms with Crippen LogP contribution in [0.1, 0.15) is 67.6 Å². The Balaban J connectivity index is 1.65. The average Bonchev–Trinajstić information content (AvgIpc) is 2.56. The molecule has 0 nitrogen and oxygen atoms in total. The summed E-state index contributed by atoms with van der Waals surface area (Å²) in [7, 11) is 0. The van der Waals surface area contributed by atoms with Crippen molar-refractivity contribution in [3.8, 4) is 0 Å². The van der Waals surface area contributed by atoms with Gasteiger partial charge in [-0.15, -0.1) is 13.2 Å². The Bertz CT molecular complexity index is 517. The van der Waals surface area contributed by atoms with Crippen LogP contribution in [-0.4, -0.2) is 0 Å². The molecule has 1 unspecified atom stereocenters. The van der Waals surface area contributed by atoms with Crippen molar-refractivity contribution in [1.82, 2.24) is 0 Å². The van der Waals surface area contributed by atoms with Crippen molar-refractivity contribution in [2.45, 2.75) is 63.7 Å². The second-order valence-corrected chi connectivity index (χ2v) is 7.40. The fraction of sp³-hybridized carbons (Fsp3) is 0.545. The van der Waals surface area contributed by atoms with E-state index in [1.807, 2.05) is 0 Å². The summed E-state index contributed by atoms with van der Waals surface area (Å²) in [5, 5.41) is 0. The minimum atomic E-state index is 0.803. The van der Waals surface area contributed by atoms with Crippen LogP contribution in [0, 0.1) is 11.8 Å². The fourth-order valence-corrected chi connectivity index (χ4v) is 4.51. The third-order valence-corrected chi connectivity index (χ3v) is 5.88. The molecule has 0 heteroatoms. The lowest BCUT2D eigenvalue weighted by molar-refractivity contribution is 0.328. The van der Waals surface area contributed by atoms with Crippen LogP contribution in [0.5, 0.6) is 0 Å². The standard InChI is InChI=1S/C22H30/c1-3-5-17-7-10-19(11-8-17)21-14-13-20-15-18(6-4-2)9-12-22(20)16-21/h3-4,13-14,16-19H,1-2,5-12,15H2. The van der Waals surface area contributed by atoms with Crippen LogP contribution in [0.3, 0.4) is 0 Å². The largest absolute Gasteiger partial charge is 0.103 e. The third kappa shape index (κ3) is 3.54. The number of rotatable bonds is 5. The van der Waals surface area contributed by atoms with Gasteiger partial charge in [-0.05, 0) is 92.2 Å². The summed E-state index contributed by atoms with van der Waals surface area (Å²) in [5.74, 6) is 2.52. The molecule has 0 aliphatic heterocycles. The van der Waals surface area contributed by atoms with E-state index in [9.17, 15) is 0 Å². The molecule has 0 N–H and O–H groups in total. The molecule has 0 heterocycles. The molecular weight excluding hydrogens is 264 g/mol. The van der Waals surface area contributed by atoms with E-state index in [-0.39, 0.29) is 0 Å². The summed E-state index contributed by atoms with van der Waals surface area (Å²) < 4.78 is 0. The highest BCUT2D eigenvalue weighted by Crippen LogP contribution is 2.38. The minimum Gasteiger partial charge on any atom is -0.103 e. The molecule has 0 spiro atoms. The van der Waals surface area contributed by atoms with E-state index in [4.69, 9.17) is 0 Å². The Morgan fingerprint density at radius 3 is 2.32 bits per heavy atom. The van der Waals surface area contributed by atoms with Crippen LogP contribution in [0.2, 0.25) is 0 Å². The normalized spacial score (nSPS) is 27.9. The zero-order chi connectivity index (χ0) is 15.4. The number of hydrogen-bond acceptors (Lipinski definition) is 0. The SMILES string of the molecule is C=CCC1CCC(c2ccc3c(c2)CCC(CC=C)C3)CC1. The molecule has 1 aromatic rings. The quantitative estimate of drug-likeness (QED) is 0.566. The third-order valence-electron chi connectivity index (χ3n) is 5.88. The van der Waals surface area contributed by atoms with Gasteiger partial charge in [0.2, 0.25) is 0 Å². The molecule has 2 aliphatic carbocycles. The molecule has 2 aliphatic rings. The van der Waals surface area contributed by atoms with Gasteiger partial charge in [0.05, 0.1) is 0 Å². The monoisotopic (exact) mass is 294 g/mol. The molecule has 22 heavy (non-hydrogen) atoms. The highest BCUT2D eigenvalue weighted by molar-refractivity contribution is 5.36. The van der Waals surface area contributed by atoms with Crippen LogP contribution in [-0.2, 0) is 12.8 Å². The number of fused-ring (bicyclic) bond motifs is 1. The number of aryl methyl sites for hydroxylation is 1. The first kappa shape index (κ1) is 15.6. The van der Waals surface area contributed by atoms with Crippen molar-refractivity contribution in [2.75, 3.05) is 0 Å². The molecule has 0 amide bonds. The van der Waals surface area contributed by atoms with Gasteiger partial charge in [-0.1, -0.05) is 30.4 Å². The minimum absolute atomic E-state index is 0.803. The van der Waals surface area contributed by atoms with Gasteiger partial charge >= 0.3 is 0 Å². The van der Waals surface area contributed by atoms with Crippen molar-refractivity contribution in [3.05, 3.63) is 60.2 Å². The summed E-state index contributed by atoms with van der Waals surface area (Å²) in [6.07, 6.45) is 16.0. The predicted molar refractivity (Wildman–Crippen MR) is 96.3 cm³/mol. The van der Waals surface area contributed by atoms with Crippen molar-refractivity contribution in [2.24, 2.45) is 11.8 Å². The van der Waals surface area contributed by atoms with Crippen LogP contribution in [0.4, 0.5) is 0 Å².